The molecule has 0 saturated carbocycles. The Bertz CT molecular complexity index is 2500. The van der Waals surface area contributed by atoms with E-state index in [-0.39, 0.29) is 0 Å². The molecule has 0 amide bonds. The normalized spacial score (nSPS) is 13.0. The summed E-state index contributed by atoms with van der Waals surface area (Å²) < 4.78 is 2.09. The maximum atomic E-state index is 10.6. The molecule has 0 aliphatic carbocycles. The minimum absolute atomic E-state index is 0.313. The highest BCUT2D eigenvalue weighted by Gasteiger charge is 2.46. The van der Waals surface area contributed by atoms with Crippen LogP contribution in [0, 0.1) is 22.7 Å². The quantitative estimate of drug-likeness (QED) is 0.195. The molecule has 228 valence electrons. The van der Waals surface area contributed by atoms with Gasteiger partial charge in [0.2, 0.25) is 0 Å². The molecule has 6 aromatic carbocycles. The highest BCUT2D eigenvalue weighted by atomic mass is 15.2. The third-order valence-corrected chi connectivity index (χ3v) is 9.82. The molecule has 2 aromatic heterocycles. The summed E-state index contributed by atoms with van der Waals surface area (Å²) in [6, 6.07) is 57.2. The Balaban J connectivity index is 1.39. The van der Waals surface area contributed by atoms with Gasteiger partial charge < -0.3 is 9.47 Å². The Labute approximate surface area is 283 Å². The van der Waals surface area contributed by atoms with Gasteiger partial charge in [0.05, 0.1) is 44.6 Å². The number of benzene rings is 6. The number of aromatic nitrogens is 2. The van der Waals surface area contributed by atoms with Crippen LogP contribution in [0.3, 0.4) is 0 Å². The monoisotopic (exact) mass is 625 g/mol. The van der Waals surface area contributed by atoms with E-state index < -0.39 is 5.41 Å². The standard InChI is InChI=1S/C44H27N5/c45-27-30-25-33(26-43(35(30)28-46)49-39-20-10-7-17-34(39)36-29-47-24-23-40(36)49)48-41-21-11-8-18-37(41)44(31-13-3-1-4-14-31,32-15-5-2-6-16-32)38-19-9-12-22-42(38)48/h1-26,29H. The molecule has 5 heteroatoms. The van der Waals surface area contributed by atoms with Crippen LogP contribution in [0.15, 0.2) is 164 Å². The van der Waals surface area contributed by atoms with Crippen LogP contribution in [0.1, 0.15) is 33.4 Å². The Hall–Kier alpha value is -6.95. The van der Waals surface area contributed by atoms with Crippen molar-refractivity contribution < 1.29 is 0 Å². The molecule has 8 aromatic rings. The number of para-hydroxylation sites is 3. The van der Waals surface area contributed by atoms with Gasteiger partial charge in [-0.15, -0.1) is 0 Å². The third kappa shape index (κ3) is 4.00. The van der Waals surface area contributed by atoms with Gasteiger partial charge in [0, 0.05) is 28.9 Å². The van der Waals surface area contributed by atoms with Gasteiger partial charge >= 0.3 is 0 Å². The first-order valence-corrected chi connectivity index (χ1v) is 16.2. The largest absolute Gasteiger partial charge is 0.310 e. The van der Waals surface area contributed by atoms with Crippen LogP contribution in [-0.4, -0.2) is 9.55 Å². The molecule has 0 radical (unpaired) electrons. The Morgan fingerprint density at radius 3 is 1.73 bits per heavy atom. The molecule has 0 N–H and O–H groups in total. The van der Waals surface area contributed by atoms with Crippen molar-refractivity contribution in [1.29, 1.82) is 10.5 Å². The number of hydrogen-bond acceptors (Lipinski definition) is 4. The predicted molar refractivity (Wildman–Crippen MR) is 195 cm³/mol. The molecule has 49 heavy (non-hydrogen) atoms. The summed E-state index contributed by atoms with van der Waals surface area (Å²) >= 11 is 0. The molecule has 0 saturated heterocycles. The van der Waals surface area contributed by atoms with Gasteiger partial charge in [0.25, 0.3) is 0 Å². The zero-order valence-corrected chi connectivity index (χ0v) is 26.3. The van der Waals surface area contributed by atoms with Crippen LogP contribution in [-0.2, 0) is 5.41 Å². The Morgan fingerprint density at radius 1 is 0.531 bits per heavy atom. The topological polar surface area (TPSA) is 68.6 Å². The lowest BCUT2D eigenvalue weighted by Gasteiger charge is -2.46. The minimum atomic E-state index is -0.612. The van der Waals surface area contributed by atoms with Crippen molar-refractivity contribution in [2.75, 3.05) is 4.90 Å². The van der Waals surface area contributed by atoms with Crippen molar-refractivity contribution in [3.8, 4) is 17.8 Å². The highest BCUT2D eigenvalue weighted by Crippen LogP contribution is 2.57. The lowest BCUT2D eigenvalue weighted by atomic mass is 9.62. The second-order valence-electron chi connectivity index (χ2n) is 12.2. The molecule has 0 spiro atoms. The number of nitriles is 2. The second kappa shape index (κ2) is 11.1. The number of pyridine rings is 1. The maximum absolute atomic E-state index is 10.6. The lowest BCUT2D eigenvalue weighted by molar-refractivity contribution is 0.731. The van der Waals surface area contributed by atoms with Crippen LogP contribution in [0.25, 0.3) is 27.5 Å². The van der Waals surface area contributed by atoms with Crippen LogP contribution in [0.2, 0.25) is 0 Å². The first-order valence-electron chi connectivity index (χ1n) is 16.2. The third-order valence-electron chi connectivity index (χ3n) is 9.82. The Kier molecular flexibility index (Phi) is 6.40. The van der Waals surface area contributed by atoms with Crippen LogP contribution in [0.4, 0.5) is 17.1 Å². The lowest BCUT2D eigenvalue weighted by Crippen LogP contribution is -2.37. The summed E-state index contributed by atoms with van der Waals surface area (Å²) in [7, 11) is 0. The number of rotatable bonds is 4. The fourth-order valence-corrected chi connectivity index (χ4v) is 7.89. The van der Waals surface area contributed by atoms with E-state index in [9.17, 15) is 10.5 Å². The first kappa shape index (κ1) is 28.3. The molecular formula is C44H27N5. The smallest absolute Gasteiger partial charge is 0.103 e. The zero-order chi connectivity index (χ0) is 33.0. The molecule has 0 unspecified atom stereocenters. The molecule has 0 atom stereocenters. The molecule has 5 nitrogen and oxygen atoms in total. The fourth-order valence-electron chi connectivity index (χ4n) is 7.89. The van der Waals surface area contributed by atoms with Crippen molar-refractivity contribution in [3.05, 3.63) is 197 Å². The fraction of sp³-hybridized carbons (Fsp3) is 0.0227. The summed E-state index contributed by atoms with van der Waals surface area (Å²) in [4.78, 5) is 6.66. The number of fused-ring (bicyclic) bond motifs is 5. The maximum Gasteiger partial charge on any atom is 0.103 e. The van der Waals surface area contributed by atoms with E-state index in [4.69, 9.17) is 0 Å². The SMILES string of the molecule is N#Cc1cc(N2c3ccccc3C(c3ccccc3)(c3ccccc3)c3ccccc32)cc(-n2c3ccccc3c3cnccc32)c1C#N. The van der Waals surface area contributed by atoms with Gasteiger partial charge in [-0.2, -0.15) is 10.5 Å². The average Bonchev–Trinajstić information content (AvgIpc) is 3.51. The molecule has 9 rings (SSSR count). The Morgan fingerprint density at radius 2 is 1.10 bits per heavy atom. The van der Waals surface area contributed by atoms with Gasteiger partial charge in [-0.05, 0) is 58.7 Å². The van der Waals surface area contributed by atoms with E-state index in [1.165, 1.54) is 0 Å². The minimum Gasteiger partial charge on any atom is -0.310 e. The van der Waals surface area contributed by atoms with Crippen molar-refractivity contribution in [3.63, 3.8) is 0 Å². The van der Waals surface area contributed by atoms with E-state index >= 15 is 0 Å². The van der Waals surface area contributed by atoms with Crippen molar-refractivity contribution in [2.24, 2.45) is 0 Å². The van der Waals surface area contributed by atoms with Crippen LogP contribution < -0.4 is 4.90 Å². The highest BCUT2D eigenvalue weighted by molar-refractivity contribution is 6.09. The summed E-state index contributed by atoms with van der Waals surface area (Å²) in [5.41, 5.74) is 9.90. The number of anilines is 3. The molecule has 1 aliphatic rings. The molecular weight excluding hydrogens is 599 g/mol. The molecule has 3 heterocycles. The van der Waals surface area contributed by atoms with Crippen molar-refractivity contribution >= 4 is 38.9 Å². The summed E-state index contributed by atoms with van der Waals surface area (Å²) in [6.07, 6.45) is 3.63. The van der Waals surface area contributed by atoms with E-state index in [2.05, 4.69) is 154 Å². The average molecular weight is 626 g/mol. The number of hydrogen-bond donors (Lipinski definition) is 0. The molecule has 0 fully saturated rings. The van der Waals surface area contributed by atoms with Gasteiger partial charge in [0.15, 0.2) is 0 Å². The van der Waals surface area contributed by atoms with Gasteiger partial charge in [0.1, 0.15) is 12.1 Å². The number of nitrogens with zero attached hydrogens (tertiary/aromatic N) is 5. The van der Waals surface area contributed by atoms with Gasteiger partial charge in [-0.3, -0.25) is 4.98 Å². The molecule has 1 aliphatic heterocycles. The summed E-state index contributed by atoms with van der Waals surface area (Å²) in [6.45, 7) is 0. The summed E-state index contributed by atoms with van der Waals surface area (Å²) in [5.74, 6) is 0. The summed E-state index contributed by atoms with van der Waals surface area (Å²) in [5, 5.41) is 23.1. The predicted octanol–water partition coefficient (Wildman–Crippen LogP) is 10.1. The van der Waals surface area contributed by atoms with Crippen molar-refractivity contribution in [2.45, 2.75) is 5.41 Å². The van der Waals surface area contributed by atoms with E-state index in [1.807, 2.05) is 30.5 Å². The van der Waals surface area contributed by atoms with Gasteiger partial charge in [-0.25, -0.2) is 0 Å². The second-order valence-corrected chi connectivity index (χ2v) is 12.2. The van der Waals surface area contributed by atoms with E-state index in [1.54, 1.807) is 6.20 Å². The van der Waals surface area contributed by atoms with Crippen molar-refractivity contribution in [1.82, 2.24) is 9.55 Å². The van der Waals surface area contributed by atoms with E-state index in [0.29, 0.717) is 16.8 Å². The molecule has 0 bridgehead atoms. The van der Waals surface area contributed by atoms with Crippen LogP contribution >= 0.6 is 0 Å². The zero-order valence-electron chi connectivity index (χ0n) is 26.3. The van der Waals surface area contributed by atoms with E-state index in [0.717, 1.165) is 61.1 Å². The van der Waals surface area contributed by atoms with Gasteiger partial charge in [-0.1, -0.05) is 115 Å². The van der Waals surface area contributed by atoms with Crippen LogP contribution in [0.5, 0.6) is 0 Å². The first-order chi connectivity index (χ1) is 24.3.